The van der Waals surface area contributed by atoms with Gasteiger partial charge in [0.05, 0.1) is 18.8 Å². The minimum Gasteiger partial charge on any atom is -0.394 e. The lowest BCUT2D eigenvalue weighted by atomic mass is 9.96. The molecular formula is C14H23NO3. The summed E-state index contributed by atoms with van der Waals surface area (Å²) in [4.78, 5) is 14.1. The molecule has 102 valence electrons. The Morgan fingerprint density at radius 1 is 1.50 bits per heavy atom. The molecule has 2 atom stereocenters. The number of rotatable bonds is 3. The highest BCUT2D eigenvalue weighted by atomic mass is 16.5. The molecule has 1 fully saturated rings. The highest BCUT2D eigenvalue weighted by Gasteiger charge is 2.28. The molecule has 1 N–H and O–H groups in total. The summed E-state index contributed by atoms with van der Waals surface area (Å²) < 4.78 is 5.55. The van der Waals surface area contributed by atoms with Crippen molar-refractivity contribution < 1.29 is 14.6 Å². The van der Waals surface area contributed by atoms with Crippen molar-refractivity contribution in [3.8, 4) is 0 Å². The number of ether oxygens (including phenoxy) is 1. The first-order valence-electron chi connectivity index (χ1n) is 6.91. The summed E-state index contributed by atoms with van der Waals surface area (Å²) in [6.07, 6.45) is 7.19. The van der Waals surface area contributed by atoms with Crippen LogP contribution < -0.4 is 0 Å². The molecule has 2 unspecified atom stereocenters. The van der Waals surface area contributed by atoms with Gasteiger partial charge in [0.25, 0.3) is 0 Å². The molecule has 1 amide bonds. The SMILES string of the molecule is CC1CN(C(=O)CC2=CCCCC2)CC(CO)O1. The minimum atomic E-state index is -0.224. The van der Waals surface area contributed by atoms with Crippen molar-refractivity contribution in [2.45, 2.75) is 51.2 Å². The van der Waals surface area contributed by atoms with Crippen LogP contribution in [0.2, 0.25) is 0 Å². The number of aliphatic hydroxyl groups is 1. The zero-order valence-electron chi connectivity index (χ0n) is 11.1. The first-order chi connectivity index (χ1) is 8.69. The van der Waals surface area contributed by atoms with E-state index in [4.69, 9.17) is 9.84 Å². The van der Waals surface area contributed by atoms with E-state index in [1.54, 1.807) is 0 Å². The van der Waals surface area contributed by atoms with Crippen molar-refractivity contribution in [2.24, 2.45) is 0 Å². The van der Waals surface area contributed by atoms with Crippen molar-refractivity contribution >= 4 is 5.91 Å². The Kier molecular flexibility index (Phi) is 4.78. The molecule has 0 radical (unpaired) electrons. The normalized spacial score (nSPS) is 29.0. The third kappa shape index (κ3) is 3.56. The summed E-state index contributed by atoms with van der Waals surface area (Å²) in [5, 5.41) is 9.16. The zero-order valence-corrected chi connectivity index (χ0v) is 11.1. The number of carbonyl (C=O) groups is 1. The summed E-state index contributed by atoms with van der Waals surface area (Å²) in [7, 11) is 0. The van der Waals surface area contributed by atoms with Crippen molar-refractivity contribution in [3.63, 3.8) is 0 Å². The van der Waals surface area contributed by atoms with Gasteiger partial charge in [0.15, 0.2) is 0 Å². The van der Waals surface area contributed by atoms with E-state index < -0.39 is 0 Å². The number of carbonyl (C=O) groups excluding carboxylic acids is 1. The van der Waals surface area contributed by atoms with E-state index >= 15 is 0 Å². The third-order valence-corrected chi connectivity index (χ3v) is 3.65. The Morgan fingerprint density at radius 2 is 2.33 bits per heavy atom. The molecule has 0 saturated carbocycles. The predicted molar refractivity (Wildman–Crippen MR) is 69.2 cm³/mol. The van der Waals surface area contributed by atoms with Crippen LogP contribution in [0.1, 0.15) is 39.0 Å². The molecule has 4 nitrogen and oxygen atoms in total. The zero-order chi connectivity index (χ0) is 13.0. The van der Waals surface area contributed by atoms with Crippen LogP contribution in [0.4, 0.5) is 0 Å². The second kappa shape index (κ2) is 6.34. The molecule has 0 aromatic carbocycles. The van der Waals surface area contributed by atoms with Crippen LogP contribution in [-0.2, 0) is 9.53 Å². The van der Waals surface area contributed by atoms with Crippen molar-refractivity contribution in [3.05, 3.63) is 11.6 Å². The molecule has 4 heteroatoms. The second-order valence-electron chi connectivity index (χ2n) is 5.33. The minimum absolute atomic E-state index is 0.0141. The van der Waals surface area contributed by atoms with Crippen LogP contribution in [0.3, 0.4) is 0 Å². The fourth-order valence-corrected chi connectivity index (χ4v) is 2.72. The number of amides is 1. The average Bonchev–Trinajstić information content (AvgIpc) is 2.39. The van der Waals surface area contributed by atoms with Crippen LogP contribution >= 0.6 is 0 Å². The lowest BCUT2D eigenvalue weighted by Crippen LogP contribution is -2.50. The van der Waals surface area contributed by atoms with Gasteiger partial charge in [-0.25, -0.2) is 0 Å². The van der Waals surface area contributed by atoms with Gasteiger partial charge < -0.3 is 14.7 Å². The Balaban J connectivity index is 1.89. The van der Waals surface area contributed by atoms with Crippen molar-refractivity contribution in [2.75, 3.05) is 19.7 Å². The molecule has 18 heavy (non-hydrogen) atoms. The maximum absolute atomic E-state index is 12.2. The highest BCUT2D eigenvalue weighted by molar-refractivity contribution is 5.79. The molecule has 1 aliphatic heterocycles. The smallest absolute Gasteiger partial charge is 0.226 e. The van der Waals surface area contributed by atoms with Gasteiger partial charge in [-0.2, -0.15) is 0 Å². The Bertz CT molecular complexity index is 327. The van der Waals surface area contributed by atoms with Gasteiger partial charge in [0, 0.05) is 19.5 Å². The van der Waals surface area contributed by atoms with Gasteiger partial charge >= 0.3 is 0 Å². The highest BCUT2D eigenvalue weighted by Crippen LogP contribution is 2.22. The van der Waals surface area contributed by atoms with Crippen LogP contribution in [0.15, 0.2) is 11.6 Å². The molecule has 2 rings (SSSR count). The first-order valence-corrected chi connectivity index (χ1v) is 6.91. The van der Waals surface area contributed by atoms with Gasteiger partial charge in [-0.1, -0.05) is 11.6 Å². The van der Waals surface area contributed by atoms with E-state index in [9.17, 15) is 4.79 Å². The Labute approximate surface area is 109 Å². The van der Waals surface area contributed by atoms with Crippen LogP contribution in [0.5, 0.6) is 0 Å². The molecule has 1 aliphatic carbocycles. The van der Waals surface area contributed by atoms with E-state index in [0.717, 1.165) is 12.8 Å². The van der Waals surface area contributed by atoms with E-state index in [1.165, 1.54) is 18.4 Å². The number of aliphatic hydroxyl groups excluding tert-OH is 1. The van der Waals surface area contributed by atoms with E-state index in [0.29, 0.717) is 19.5 Å². The van der Waals surface area contributed by atoms with Gasteiger partial charge in [-0.05, 0) is 32.6 Å². The molecule has 0 aromatic heterocycles. The van der Waals surface area contributed by atoms with Gasteiger partial charge in [-0.3, -0.25) is 4.79 Å². The fraction of sp³-hybridized carbons (Fsp3) is 0.786. The van der Waals surface area contributed by atoms with Gasteiger partial charge in [0.2, 0.25) is 5.91 Å². The molecule has 0 spiro atoms. The number of hydrogen-bond donors (Lipinski definition) is 1. The summed E-state index contributed by atoms with van der Waals surface area (Å²) in [5.74, 6) is 0.178. The topological polar surface area (TPSA) is 49.8 Å². The predicted octanol–water partition coefficient (Wildman–Crippen LogP) is 1.49. The third-order valence-electron chi connectivity index (χ3n) is 3.65. The summed E-state index contributed by atoms with van der Waals surface area (Å²) >= 11 is 0. The average molecular weight is 253 g/mol. The van der Waals surface area contributed by atoms with Crippen LogP contribution in [0, 0.1) is 0 Å². The largest absolute Gasteiger partial charge is 0.394 e. The van der Waals surface area contributed by atoms with E-state index in [-0.39, 0.29) is 24.7 Å². The quantitative estimate of drug-likeness (QED) is 0.775. The number of allylic oxidation sites excluding steroid dienone is 1. The number of nitrogens with zero attached hydrogens (tertiary/aromatic N) is 1. The molecule has 0 aromatic rings. The molecular weight excluding hydrogens is 230 g/mol. The monoisotopic (exact) mass is 253 g/mol. The molecule has 2 aliphatic rings. The summed E-state index contributed by atoms with van der Waals surface area (Å²) in [6, 6.07) is 0. The standard InChI is InChI=1S/C14H23NO3/c1-11-8-15(9-13(10-16)18-11)14(17)7-12-5-3-2-4-6-12/h5,11,13,16H,2-4,6-10H2,1H3. The van der Waals surface area contributed by atoms with Crippen LogP contribution in [0.25, 0.3) is 0 Å². The summed E-state index contributed by atoms with van der Waals surface area (Å²) in [6.45, 7) is 3.09. The Morgan fingerprint density at radius 3 is 3.00 bits per heavy atom. The van der Waals surface area contributed by atoms with E-state index in [1.807, 2.05) is 11.8 Å². The van der Waals surface area contributed by atoms with E-state index in [2.05, 4.69) is 6.08 Å². The lowest BCUT2D eigenvalue weighted by Gasteiger charge is -2.36. The van der Waals surface area contributed by atoms with Crippen molar-refractivity contribution in [1.29, 1.82) is 0 Å². The molecule has 0 bridgehead atoms. The van der Waals surface area contributed by atoms with Crippen LogP contribution in [-0.4, -0.2) is 47.8 Å². The van der Waals surface area contributed by atoms with Crippen molar-refractivity contribution in [1.82, 2.24) is 4.90 Å². The lowest BCUT2D eigenvalue weighted by molar-refractivity contribution is -0.146. The fourth-order valence-electron chi connectivity index (χ4n) is 2.72. The van der Waals surface area contributed by atoms with Gasteiger partial charge in [-0.15, -0.1) is 0 Å². The number of hydrogen-bond acceptors (Lipinski definition) is 3. The number of morpholine rings is 1. The molecule has 1 heterocycles. The maximum Gasteiger partial charge on any atom is 0.226 e. The second-order valence-corrected chi connectivity index (χ2v) is 5.33. The molecule has 1 saturated heterocycles. The maximum atomic E-state index is 12.2. The first kappa shape index (κ1) is 13.6. The van der Waals surface area contributed by atoms with Gasteiger partial charge in [0.1, 0.15) is 0 Å². The summed E-state index contributed by atoms with van der Waals surface area (Å²) in [5.41, 5.74) is 1.28. The Hall–Kier alpha value is -0.870.